The van der Waals surface area contributed by atoms with Crippen molar-refractivity contribution in [3.05, 3.63) is 47.5 Å². The van der Waals surface area contributed by atoms with Crippen molar-refractivity contribution in [2.24, 2.45) is 0 Å². The molecule has 0 bridgehead atoms. The van der Waals surface area contributed by atoms with Crippen LogP contribution >= 0.6 is 0 Å². The molecular formula is C19H26N2O. The van der Waals surface area contributed by atoms with Crippen LogP contribution in [0.4, 0.5) is 17.1 Å². The molecule has 0 aliphatic carbocycles. The molecule has 2 aromatic rings. The number of nitrogens with one attached hydrogen (secondary N) is 1. The topological polar surface area (TPSA) is 47.3 Å². The first-order valence-electron chi connectivity index (χ1n) is 7.96. The van der Waals surface area contributed by atoms with Gasteiger partial charge in [-0.1, -0.05) is 31.9 Å². The highest BCUT2D eigenvalue weighted by Crippen LogP contribution is 2.29. The molecule has 3 nitrogen and oxygen atoms in total. The lowest BCUT2D eigenvalue weighted by Gasteiger charge is -2.14. The molecule has 0 spiro atoms. The van der Waals surface area contributed by atoms with Crippen molar-refractivity contribution in [2.45, 2.75) is 40.0 Å². The summed E-state index contributed by atoms with van der Waals surface area (Å²) in [5.41, 5.74) is 11.2. The zero-order valence-electron chi connectivity index (χ0n) is 13.8. The minimum absolute atomic E-state index is 0.724. The zero-order valence-corrected chi connectivity index (χ0v) is 13.8. The molecular weight excluding hydrogens is 272 g/mol. The van der Waals surface area contributed by atoms with E-state index < -0.39 is 0 Å². The summed E-state index contributed by atoms with van der Waals surface area (Å²) < 4.78 is 5.80. The first-order chi connectivity index (χ1) is 10.6. The van der Waals surface area contributed by atoms with Crippen LogP contribution in [0.2, 0.25) is 0 Å². The second kappa shape index (κ2) is 7.74. The Morgan fingerprint density at radius 1 is 1.00 bits per heavy atom. The molecule has 0 saturated carbocycles. The van der Waals surface area contributed by atoms with E-state index in [0.29, 0.717) is 0 Å². The molecule has 3 N–H and O–H groups in total. The summed E-state index contributed by atoms with van der Waals surface area (Å²) in [6.45, 7) is 7.11. The van der Waals surface area contributed by atoms with Crippen molar-refractivity contribution in [3.8, 4) is 5.75 Å². The number of hydrogen-bond acceptors (Lipinski definition) is 3. The van der Waals surface area contributed by atoms with Crippen molar-refractivity contribution in [3.63, 3.8) is 0 Å². The zero-order chi connectivity index (χ0) is 15.9. The van der Waals surface area contributed by atoms with Gasteiger partial charge in [-0.05, 0) is 49.6 Å². The monoisotopic (exact) mass is 298 g/mol. The summed E-state index contributed by atoms with van der Waals surface area (Å²) in [5.74, 6) is 0.859. The van der Waals surface area contributed by atoms with Crippen molar-refractivity contribution in [1.82, 2.24) is 0 Å². The van der Waals surface area contributed by atoms with E-state index in [1.807, 2.05) is 18.2 Å². The number of unbranched alkanes of at least 4 members (excludes halogenated alkanes) is 2. The summed E-state index contributed by atoms with van der Waals surface area (Å²) >= 11 is 0. The summed E-state index contributed by atoms with van der Waals surface area (Å²) in [7, 11) is 0. The molecule has 0 unspecified atom stereocenters. The van der Waals surface area contributed by atoms with Gasteiger partial charge in [0.25, 0.3) is 0 Å². The fraction of sp³-hybridized carbons (Fsp3) is 0.368. The maximum Gasteiger partial charge on any atom is 0.121 e. The number of aryl methyl sites for hydroxylation is 2. The van der Waals surface area contributed by atoms with Crippen LogP contribution in [0.1, 0.15) is 37.3 Å². The molecule has 3 heteroatoms. The number of nitrogens with two attached hydrogens (primary N) is 1. The smallest absolute Gasteiger partial charge is 0.121 e. The van der Waals surface area contributed by atoms with E-state index in [-0.39, 0.29) is 0 Å². The fourth-order valence-electron chi connectivity index (χ4n) is 2.29. The third kappa shape index (κ3) is 4.42. The number of hydrogen-bond donors (Lipinski definition) is 2. The predicted molar refractivity (Wildman–Crippen MR) is 95.1 cm³/mol. The summed E-state index contributed by atoms with van der Waals surface area (Å²) in [4.78, 5) is 0. The molecule has 118 valence electrons. The molecule has 0 aliphatic rings. The van der Waals surface area contributed by atoms with Gasteiger partial charge in [-0.2, -0.15) is 0 Å². The quantitative estimate of drug-likeness (QED) is 0.545. The van der Waals surface area contributed by atoms with E-state index in [9.17, 15) is 0 Å². The second-order valence-electron chi connectivity index (χ2n) is 5.75. The number of benzene rings is 2. The highest BCUT2D eigenvalue weighted by molar-refractivity contribution is 5.75. The van der Waals surface area contributed by atoms with Gasteiger partial charge in [-0.25, -0.2) is 0 Å². The molecule has 2 rings (SSSR count). The second-order valence-corrected chi connectivity index (χ2v) is 5.75. The lowest BCUT2D eigenvalue weighted by molar-refractivity contribution is 0.306. The molecule has 0 aromatic heterocycles. The first-order valence-corrected chi connectivity index (χ1v) is 7.96. The molecule has 0 amide bonds. The number of nitrogen functional groups attached to an aromatic ring is 1. The highest BCUT2D eigenvalue weighted by Gasteiger charge is 2.05. The summed E-state index contributed by atoms with van der Waals surface area (Å²) in [5, 5.41) is 3.42. The molecule has 0 saturated heterocycles. The Morgan fingerprint density at radius 2 is 1.82 bits per heavy atom. The third-order valence-electron chi connectivity index (χ3n) is 3.70. The van der Waals surface area contributed by atoms with E-state index in [1.54, 1.807) is 0 Å². The van der Waals surface area contributed by atoms with Crippen LogP contribution in [0.25, 0.3) is 0 Å². The average Bonchev–Trinajstić information content (AvgIpc) is 2.50. The Morgan fingerprint density at radius 3 is 2.59 bits per heavy atom. The number of rotatable bonds is 7. The van der Waals surface area contributed by atoms with Crippen LogP contribution in [-0.2, 0) is 0 Å². The van der Waals surface area contributed by atoms with Crippen molar-refractivity contribution >= 4 is 17.1 Å². The molecule has 0 fully saturated rings. The van der Waals surface area contributed by atoms with E-state index in [4.69, 9.17) is 10.5 Å². The van der Waals surface area contributed by atoms with Crippen molar-refractivity contribution in [2.75, 3.05) is 17.7 Å². The fourth-order valence-corrected chi connectivity index (χ4v) is 2.29. The SMILES string of the molecule is CCCCCOc1ccc(N)c(Nc2cc(C)ccc2C)c1. The van der Waals surface area contributed by atoms with Crippen LogP contribution in [0, 0.1) is 13.8 Å². The highest BCUT2D eigenvalue weighted by atomic mass is 16.5. The average molecular weight is 298 g/mol. The van der Waals surface area contributed by atoms with E-state index in [0.717, 1.165) is 35.8 Å². The first kappa shape index (κ1) is 16.2. The molecule has 0 atom stereocenters. The maximum atomic E-state index is 6.08. The molecule has 22 heavy (non-hydrogen) atoms. The summed E-state index contributed by atoms with van der Waals surface area (Å²) in [6.07, 6.45) is 3.48. The molecule has 0 aliphatic heterocycles. The van der Waals surface area contributed by atoms with Gasteiger partial charge >= 0.3 is 0 Å². The van der Waals surface area contributed by atoms with Crippen LogP contribution in [0.15, 0.2) is 36.4 Å². The Labute approximate surface area is 133 Å². The van der Waals surface area contributed by atoms with E-state index in [2.05, 4.69) is 44.3 Å². The molecule has 2 aromatic carbocycles. The predicted octanol–water partition coefficient (Wildman–Crippen LogP) is 5.20. The van der Waals surface area contributed by atoms with Crippen LogP contribution in [0.5, 0.6) is 5.75 Å². The maximum absolute atomic E-state index is 6.08. The largest absolute Gasteiger partial charge is 0.494 e. The standard InChI is InChI=1S/C19H26N2O/c1-4-5-6-11-22-16-9-10-17(20)19(13-16)21-18-12-14(2)7-8-15(18)3/h7-10,12-13,21H,4-6,11,20H2,1-3H3. The van der Waals surface area contributed by atoms with Crippen LogP contribution < -0.4 is 15.8 Å². The Bertz CT molecular complexity index is 623. The number of anilines is 3. The van der Waals surface area contributed by atoms with Gasteiger partial charge in [0.05, 0.1) is 18.0 Å². The van der Waals surface area contributed by atoms with Gasteiger partial charge in [0.15, 0.2) is 0 Å². The van der Waals surface area contributed by atoms with Gasteiger partial charge in [0, 0.05) is 11.8 Å². The Kier molecular flexibility index (Phi) is 5.70. The lowest BCUT2D eigenvalue weighted by Crippen LogP contribution is -2.01. The van der Waals surface area contributed by atoms with Gasteiger partial charge in [0.1, 0.15) is 5.75 Å². The molecule has 0 heterocycles. The van der Waals surface area contributed by atoms with Gasteiger partial charge in [0.2, 0.25) is 0 Å². The Hall–Kier alpha value is -2.16. The van der Waals surface area contributed by atoms with E-state index >= 15 is 0 Å². The third-order valence-corrected chi connectivity index (χ3v) is 3.70. The minimum Gasteiger partial charge on any atom is -0.494 e. The van der Waals surface area contributed by atoms with Crippen molar-refractivity contribution < 1.29 is 4.74 Å². The normalized spacial score (nSPS) is 10.5. The Balaban J connectivity index is 2.11. The molecule has 0 radical (unpaired) electrons. The van der Waals surface area contributed by atoms with Crippen LogP contribution in [-0.4, -0.2) is 6.61 Å². The number of ether oxygens (including phenoxy) is 1. The summed E-state index contributed by atoms with van der Waals surface area (Å²) in [6, 6.07) is 12.1. The lowest BCUT2D eigenvalue weighted by atomic mass is 10.1. The van der Waals surface area contributed by atoms with Gasteiger partial charge < -0.3 is 15.8 Å². The van der Waals surface area contributed by atoms with Gasteiger partial charge in [-0.3, -0.25) is 0 Å². The van der Waals surface area contributed by atoms with Gasteiger partial charge in [-0.15, -0.1) is 0 Å². The minimum atomic E-state index is 0.724. The van der Waals surface area contributed by atoms with Crippen molar-refractivity contribution in [1.29, 1.82) is 0 Å². The van der Waals surface area contributed by atoms with Crippen LogP contribution in [0.3, 0.4) is 0 Å². The van der Waals surface area contributed by atoms with E-state index in [1.165, 1.54) is 24.0 Å².